The quantitative estimate of drug-likeness (QED) is 0.405. The van der Waals surface area contributed by atoms with Crippen molar-refractivity contribution < 1.29 is 26.7 Å². The Morgan fingerprint density at radius 1 is 1.06 bits per heavy atom. The number of nitrogens with zero attached hydrogens (tertiary/aromatic N) is 1. The fourth-order valence-corrected chi connectivity index (χ4v) is 6.21. The molecular formula is C26H31F2NO4S. The average Bonchev–Trinajstić information content (AvgIpc) is 3.66. The second-order valence-electron chi connectivity index (χ2n) is 8.21. The van der Waals surface area contributed by atoms with E-state index in [-0.39, 0.29) is 24.1 Å². The molecule has 0 N–H and O–H groups in total. The molecule has 2 fully saturated rings. The van der Waals surface area contributed by atoms with E-state index in [9.17, 15) is 22.0 Å². The average molecular weight is 492 g/mol. The van der Waals surface area contributed by atoms with Crippen LogP contribution in [0.2, 0.25) is 0 Å². The van der Waals surface area contributed by atoms with E-state index in [4.69, 9.17) is 0 Å². The van der Waals surface area contributed by atoms with Crippen LogP contribution in [0.15, 0.2) is 42.5 Å². The Morgan fingerprint density at radius 3 is 2.24 bits per heavy atom. The molecule has 8 heteroatoms. The third-order valence-corrected chi connectivity index (χ3v) is 8.31. The molecule has 4 rings (SSSR count). The van der Waals surface area contributed by atoms with Gasteiger partial charge < -0.3 is 4.74 Å². The maximum absolute atomic E-state index is 14.6. The lowest BCUT2D eigenvalue weighted by Gasteiger charge is -2.37. The van der Waals surface area contributed by atoms with Crippen molar-refractivity contribution >= 4 is 16.5 Å². The van der Waals surface area contributed by atoms with E-state index in [2.05, 4.69) is 17.6 Å². The predicted octanol–water partition coefficient (Wildman–Crippen LogP) is 5.33. The van der Waals surface area contributed by atoms with Gasteiger partial charge >= 0.3 is 0 Å². The minimum atomic E-state index is -3.66. The summed E-state index contributed by atoms with van der Waals surface area (Å²) in [5.41, 5.74) is 1.25. The number of hydrogen-bond acceptors (Lipinski definition) is 4. The van der Waals surface area contributed by atoms with Crippen molar-refractivity contribution in [3.05, 3.63) is 70.8 Å². The number of terminal acetylenes is 1. The molecule has 2 atom stereocenters. The van der Waals surface area contributed by atoms with Crippen LogP contribution in [0, 0.1) is 24.5 Å². The largest absolute Gasteiger partial charge is 0.468 e. The van der Waals surface area contributed by atoms with Crippen LogP contribution in [0.3, 0.4) is 0 Å². The summed E-state index contributed by atoms with van der Waals surface area (Å²) in [5, 5.41) is -0.645. The second kappa shape index (κ2) is 12.6. The van der Waals surface area contributed by atoms with Crippen LogP contribution in [0.1, 0.15) is 67.4 Å². The van der Waals surface area contributed by atoms with Crippen molar-refractivity contribution in [3.8, 4) is 12.8 Å². The fourth-order valence-electron chi connectivity index (χ4n) is 4.02. The Morgan fingerprint density at radius 2 is 1.71 bits per heavy atom. The lowest BCUT2D eigenvalue weighted by molar-refractivity contribution is -0.128. The van der Waals surface area contributed by atoms with Crippen molar-refractivity contribution in [2.45, 2.75) is 63.3 Å². The van der Waals surface area contributed by atoms with E-state index in [0.29, 0.717) is 31.5 Å². The van der Waals surface area contributed by atoms with Crippen molar-refractivity contribution in [3.63, 3.8) is 0 Å². The SMILES string of the molecule is C#C.CCOC=O.C[C@H]1CC[C@H](c2ccccc2)S(=O)(=O)N1Cc1cc(F)c(C2CC2)cc1F. The summed E-state index contributed by atoms with van der Waals surface area (Å²) in [6.45, 7) is 4.35. The number of hydrogen-bond donors (Lipinski definition) is 0. The minimum Gasteiger partial charge on any atom is -0.468 e. The highest BCUT2D eigenvalue weighted by molar-refractivity contribution is 7.89. The van der Waals surface area contributed by atoms with E-state index < -0.39 is 26.9 Å². The Balaban J connectivity index is 0.000000520. The number of carbonyl (C=O) groups excluding carboxylic acids is 1. The summed E-state index contributed by atoms with van der Waals surface area (Å²) >= 11 is 0. The molecule has 1 saturated carbocycles. The molecule has 2 aromatic carbocycles. The number of carbonyl (C=O) groups is 1. The van der Waals surface area contributed by atoms with E-state index in [1.807, 2.05) is 25.1 Å². The van der Waals surface area contributed by atoms with Gasteiger partial charge in [0, 0.05) is 18.2 Å². The third kappa shape index (κ3) is 6.64. The number of benzene rings is 2. The van der Waals surface area contributed by atoms with Gasteiger partial charge in [0.15, 0.2) is 0 Å². The standard InChI is InChI=1S/C21H23F2NO2S.C3H6O2.C2H2/c1-14-7-10-21(16-5-3-2-4-6-16)27(25,26)24(14)13-17-11-20(23)18(12-19(17)22)15-8-9-15;1-2-5-3-4;1-2/h2-6,11-12,14-15,21H,7-10,13H2,1H3;3H,2H2,1H3;1-2H/t14-,21+;;/m0../s1. The van der Waals surface area contributed by atoms with Crippen LogP contribution < -0.4 is 0 Å². The Labute approximate surface area is 201 Å². The highest BCUT2D eigenvalue weighted by atomic mass is 32.2. The molecule has 2 aromatic rings. The van der Waals surface area contributed by atoms with Crippen LogP contribution in [-0.2, 0) is 26.1 Å². The molecule has 0 amide bonds. The molecule has 0 bridgehead atoms. The highest BCUT2D eigenvalue weighted by Crippen LogP contribution is 2.42. The number of halogens is 2. The van der Waals surface area contributed by atoms with E-state index in [1.54, 1.807) is 19.1 Å². The summed E-state index contributed by atoms with van der Waals surface area (Å²) in [5.74, 6) is -0.855. The summed E-state index contributed by atoms with van der Waals surface area (Å²) in [4.78, 5) is 9.18. The van der Waals surface area contributed by atoms with Crippen molar-refractivity contribution in [2.75, 3.05) is 6.61 Å². The van der Waals surface area contributed by atoms with E-state index in [0.717, 1.165) is 18.4 Å². The van der Waals surface area contributed by atoms with Crippen LogP contribution in [-0.4, -0.2) is 31.8 Å². The maximum atomic E-state index is 14.6. The maximum Gasteiger partial charge on any atom is 0.293 e. The summed E-state index contributed by atoms with van der Waals surface area (Å²) < 4.78 is 60.9. The molecule has 1 heterocycles. The Bertz CT molecular complexity index is 1070. The Kier molecular flexibility index (Phi) is 10.2. The van der Waals surface area contributed by atoms with Gasteiger partial charge in [-0.25, -0.2) is 17.2 Å². The molecule has 0 unspecified atom stereocenters. The topological polar surface area (TPSA) is 63.7 Å². The fraction of sp³-hybridized carbons (Fsp3) is 0.423. The predicted molar refractivity (Wildman–Crippen MR) is 128 cm³/mol. The smallest absolute Gasteiger partial charge is 0.293 e. The third-order valence-electron chi connectivity index (χ3n) is 5.94. The molecule has 1 aliphatic heterocycles. The number of sulfonamides is 1. The van der Waals surface area contributed by atoms with Gasteiger partial charge in [-0.15, -0.1) is 12.8 Å². The van der Waals surface area contributed by atoms with E-state index >= 15 is 0 Å². The zero-order chi connectivity index (χ0) is 25.3. The second-order valence-corrected chi connectivity index (χ2v) is 10.3. The first kappa shape index (κ1) is 27.5. The molecule has 34 heavy (non-hydrogen) atoms. The number of ether oxygens (including phenoxy) is 1. The first-order valence-corrected chi connectivity index (χ1v) is 12.7. The van der Waals surface area contributed by atoms with E-state index in [1.165, 1.54) is 16.4 Å². The van der Waals surface area contributed by atoms with Gasteiger partial charge in [-0.05, 0) is 68.7 Å². The van der Waals surface area contributed by atoms with Crippen molar-refractivity contribution in [1.29, 1.82) is 0 Å². The molecular weight excluding hydrogens is 460 g/mol. The zero-order valence-electron chi connectivity index (χ0n) is 19.5. The number of rotatable bonds is 6. The zero-order valence-corrected chi connectivity index (χ0v) is 20.3. The molecule has 1 aliphatic carbocycles. The highest BCUT2D eigenvalue weighted by Gasteiger charge is 2.41. The van der Waals surface area contributed by atoms with Gasteiger partial charge in [0.2, 0.25) is 10.0 Å². The summed E-state index contributed by atoms with van der Waals surface area (Å²) in [7, 11) is -3.66. The van der Waals surface area contributed by atoms with Gasteiger partial charge in [-0.1, -0.05) is 30.3 Å². The lowest BCUT2D eigenvalue weighted by Crippen LogP contribution is -2.44. The molecule has 0 radical (unpaired) electrons. The van der Waals surface area contributed by atoms with Gasteiger partial charge in [0.05, 0.1) is 6.61 Å². The molecule has 0 spiro atoms. The monoisotopic (exact) mass is 491 g/mol. The van der Waals surface area contributed by atoms with Gasteiger partial charge in [-0.3, -0.25) is 4.79 Å². The van der Waals surface area contributed by atoms with Gasteiger partial charge in [0.25, 0.3) is 6.47 Å². The minimum absolute atomic E-state index is 0.0982. The van der Waals surface area contributed by atoms with Crippen LogP contribution in [0.25, 0.3) is 0 Å². The van der Waals surface area contributed by atoms with Gasteiger partial charge in [-0.2, -0.15) is 4.31 Å². The first-order valence-electron chi connectivity index (χ1n) is 11.2. The molecule has 1 saturated heterocycles. The molecule has 5 nitrogen and oxygen atoms in total. The van der Waals surface area contributed by atoms with Crippen molar-refractivity contribution in [1.82, 2.24) is 4.31 Å². The van der Waals surface area contributed by atoms with Crippen LogP contribution in [0.4, 0.5) is 8.78 Å². The molecule has 184 valence electrons. The summed E-state index contributed by atoms with van der Waals surface area (Å²) in [6.07, 6.45) is 11.0. The van der Waals surface area contributed by atoms with Crippen LogP contribution >= 0.6 is 0 Å². The normalized spacial score (nSPS) is 21.2. The van der Waals surface area contributed by atoms with Crippen LogP contribution in [0.5, 0.6) is 0 Å². The van der Waals surface area contributed by atoms with Crippen molar-refractivity contribution in [2.24, 2.45) is 0 Å². The first-order chi connectivity index (χ1) is 16.3. The summed E-state index contributed by atoms with van der Waals surface area (Å²) in [6, 6.07) is 11.3. The molecule has 2 aliphatic rings. The van der Waals surface area contributed by atoms with Gasteiger partial charge in [0.1, 0.15) is 16.9 Å². The molecule has 0 aromatic heterocycles. The Hall–Kier alpha value is -2.76. The lowest BCUT2D eigenvalue weighted by atomic mass is 10.0.